The molecule has 0 radical (unpaired) electrons. The highest BCUT2D eigenvalue weighted by atomic mass is 15.2. The molecule has 1 aromatic heterocycles. The Morgan fingerprint density at radius 2 is 2.11 bits per heavy atom. The zero-order valence-corrected chi connectivity index (χ0v) is 12.1. The molecule has 102 valence electrons. The van der Waals surface area contributed by atoms with Gasteiger partial charge in [-0.15, -0.1) is 0 Å². The van der Waals surface area contributed by atoms with Crippen molar-refractivity contribution in [1.29, 1.82) is 0 Å². The van der Waals surface area contributed by atoms with Gasteiger partial charge < -0.3 is 9.88 Å². The summed E-state index contributed by atoms with van der Waals surface area (Å²) in [7, 11) is 0. The summed E-state index contributed by atoms with van der Waals surface area (Å²) in [5.41, 5.74) is 1.12. The zero-order valence-electron chi connectivity index (χ0n) is 12.1. The van der Waals surface area contributed by atoms with E-state index in [0.29, 0.717) is 12.0 Å². The quantitative estimate of drug-likeness (QED) is 0.855. The first-order valence-electron chi connectivity index (χ1n) is 7.49. The summed E-state index contributed by atoms with van der Waals surface area (Å²) >= 11 is 0. The lowest BCUT2D eigenvalue weighted by Crippen LogP contribution is -2.24. The van der Waals surface area contributed by atoms with Gasteiger partial charge in [-0.05, 0) is 25.7 Å². The zero-order chi connectivity index (χ0) is 13.0. The van der Waals surface area contributed by atoms with Crippen LogP contribution < -0.4 is 5.32 Å². The topological polar surface area (TPSA) is 29.9 Å². The smallest absolute Gasteiger partial charge is 0.203 e. The van der Waals surface area contributed by atoms with Gasteiger partial charge in [-0.1, -0.05) is 39.5 Å². The van der Waals surface area contributed by atoms with Crippen LogP contribution in [0.5, 0.6) is 0 Å². The van der Waals surface area contributed by atoms with Crippen LogP contribution in [0.2, 0.25) is 0 Å². The molecule has 1 atom stereocenters. The second-order valence-corrected chi connectivity index (χ2v) is 5.85. The van der Waals surface area contributed by atoms with Gasteiger partial charge in [0, 0.05) is 18.8 Å². The molecule has 3 heteroatoms. The molecule has 0 amide bonds. The van der Waals surface area contributed by atoms with Crippen molar-refractivity contribution in [2.45, 2.75) is 71.9 Å². The fourth-order valence-electron chi connectivity index (χ4n) is 2.70. The Bertz CT molecular complexity index is 364. The monoisotopic (exact) mass is 249 g/mol. The van der Waals surface area contributed by atoms with E-state index in [1.807, 2.05) is 0 Å². The van der Waals surface area contributed by atoms with Gasteiger partial charge in [-0.25, -0.2) is 4.98 Å². The van der Waals surface area contributed by atoms with Crippen LogP contribution in [0.25, 0.3) is 0 Å². The van der Waals surface area contributed by atoms with Gasteiger partial charge in [0.25, 0.3) is 0 Å². The van der Waals surface area contributed by atoms with Crippen LogP contribution in [0.4, 0.5) is 5.95 Å². The molecule has 1 aliphatic rings. The second-order valence-electron chi connectivity index (χ2n) is 5.85. The Hall–Kier alpha value is -0.990. The molecule has 1 saturated carbocycles. The first-order chi connectivity index (χ1) is 8.69. The van der Waals surface area contributed by atoms with E-state index in [-0.39, 0.29) is 0 Å². The summed E-state index contributed by atoms with van der Waals surface area (Å²) in [5.74, 6) is 1.80. The maximum atomic E-state index is 4.64. The van der Waals surface area contributed by atoms with E-state index in [4.69, 9.17) is 0 Å². The molecule has 0 aliphatic heterocycles. The predicted molar refractivity (Wildman–Crippen MR) is 76.9 cm³/mol. The van der Waals surface area contributed by atoms with Crippen molar-refractivity contribution in [1.82, 2.24) is 9.55 Å². The van der Waals surface area contributed by atoms with E-state index in [1.165, 1.54) is 38.5 Å². The van der Waals surface area contributed by atoms with E-state index >= 15 is 0 Å². The molecule has 1 fully saturated rings. The Morgan fingerprint density at radius 3 is 2.78 bits per heavy atom. The minimum Gasteiger partial charge on any atom is -0.353 e. The van der Waals surface area contributed by atoms with Crippen molar-refractivity contribution in [3.05, 3.63) is 11.9 Å². The van der Waals surface area contributed by atoms with Gasteiger partial charge in [0.15, 0.2) is 0 Å². The SMILES string of the molecule is CCC(C)Cn1cc(C)nc1NC1CCCCC1. The lowest BCUT2D eigenvalue weighted by Gasteiger charge is -2.24. The third kappa shape index (κ3) is 3.50. The highest BCUT2D eigenvalue weighted by Crippen LogP contribution is 2.22. The molecule has 1 heterocycles. The molecule has 1 aliphatic carbocycles. The van der Waals surface area contributed by atoms with Gasteiger partial charge in [0.1, 0.15) is 0 Å². The highest BCUT2D eigenvalue weighted by molar-refractivity contribution is 5.30. The van der Waals surface area contributed by atoms with Gasteiger partial charge in [0.2, 0.25) is 5.95 Å². The van der Waals surface area contributed by atoms with E-state index in [1.54, 1.807) is 0 Å². The molecular formula is C15H27N3. The number of hydrogen-bond acceptors (Lipinski definition) is 2. The molecule has 2 rings (SSSR count). The second kappa shape index (κ2) is 6.26. The molecule has 0 aromatic carbocycles. The standard InChI is InChI=1S/C15H27N3/c1-4-12(2)10-18-11-13(3)16-15(18)17-14-8-6-5-7-9-14/h11-12,14H,4-10H2,1-3H3,(H,16,17). The number of nitrogens with zero attached hydrogens (tertiary/aromatic N) is 2. The molecule has 3 nitrogen and oxygen atoms in total. The summed E-state index contributed by atoms with van der Waals surface area (Å²) in [6, 6.07) is 0.635. The minimum atomic E-state index is 0.635. The van der Waals surface area contributed by atoms with Crippen LogP contribution in [0.15, 0.2) is 6.20 Å². The van der Waals surface area contributed by atoms with Gasteiger partial charge in [-0.3, -0.25) is 0 Å². The van der Waals surface area contributed by atoms with Crippen molar-refractivity contribution >= 4 is 5.95 Å². The highest BCUT2D eigenvalue weighted by Gasteiger charge is 2.16. The van der Waals surface area contributed by atoms with E-state index in [9.17, 15) is 0 Å². The molecular weight excluding hydrogens is 222 g/mol. The summed E-state index contributed by atoms with van der Waals surface area (Å²) in [5, 5.41) is 3.65. The van der Waals surface area contributed by atoms with Crippen LogP contribution >= 0.6 is 0 Å². The number of aromatic nitrogens is 2. The lowest BCUT2D eigenvalue weighted by molar-refractivity contribution is 0.447. The Balaban J connectivity index is 2.01. The largest absolute Gasteiger partial charge is 0.353 e. The summed E-state index contributed by atoms with van der Waals surface area (Å²) in [6.45, 7) is 7.72. The average molecular weight is 249 g/mol. The Kier molecular flexibility index (Phi) is 4.67. The normalized spacial score (nSPS) is 18.8. The minimum absolute atomic E-state index is 0.635. The third-order valence-corrected chi connectivity index (χ3v) is 4.04. The van der Waals surface area contributed by atoms with E-state index in [0.717, 1.165) is 18.2 Å². The summed E-state index contributed by atoms with van der Waals surface area (Å²) < 4.78 is 2.30. The number of aryl methyl sites for hydroxylation is 1. The maximum absolute atomic E-state index is 4.64. The Morgan fingerprint density at radius 1 is 1.39 bits per heavy atom. The van der Waals surface area contributed by atoms with E-state index in [2.05, 4.69) is 41.8 Å². The van der Waals surface area contributed by atoms with Crippen LogP contribution in [0.3, 0.4) is 0 Å². The van der Waals surface area contributed by atoms with Crippen molar-refractivity contribution in [3.63, 3.8) is 0 Å². The maximum Gasteiger partial charge on any atom is 0.203 e. The Labute approximate surface area is 111 Å². The van der Waals surface area contributed by atoms with Gasteiger partial charge in [0.05, 0.1) is 5.69 Å². The van der Waals surface area contributed by atoms with Crippen LogP contribution in [0, 0.1) is 12.8 Å². The fraction of sp³-hybridized carbons (Fsp3) is 0.800. The molecule has 0 spiro atoms. The van der Waals surface area contributed by atoms with Gasteiger partial charge >= 0.3 is 0 Å². The van der Waals surface area contributed by atoms with Crippen LogP contribution in [-0.2, 0) is 6.54 Å². The molecule has 1 aromatic rings. The number of hydrogen-bond donors (Lipinski definition) is 1. The fourth-order valence-corrected chi connectivity index (χ4v) is 2.70. The van der Waals surface area contributed by atoms with Crippen molar-refractivity contribution < 1.29 is 0 Å². The van der Waals surface area contributed by atoms with Crippen molar-refractivity contribution in [2.75, 3.05) is 5.32 Å². The number of rotatable bonds is 5. The lowest BCUT2D eigenvalue weighted by atomic mass is 9.96. The molecule has 1 N–H and O–H groups in total. The van der Waals surface area contributed by atoms with Crippen LogP contribution in [0.1, 0.15) is 58.1 Å². The number of nitrogens with one attached hydrogen (secondary N) is 1. The third-order valence-electron chi connectivity index (χ3n) is 4.04. The number of imidazole rings is 1. The predicted octanol–water partition coefficient (Wildman–Crippen LogP) is 3.98. The summed E-state index contributed by atoms with van der Waals surface area (Å²) in [4.78, 5) is 4.64. The molecule has 0 saturated heterocycles. The summed E-state index contributed by atoms with van der Waals surface area (Å²) in [6.07, 6.45) is 10.1. The first kappa shape index (κ1) is 13.4. The number of anilines is 1. The van der Waals surface area contributed by atoms with Crippen molar-refractivity contribution in [3.8, 4) is 0 Å². The molecule has 18 heavy (non-hydrogen) atoms. The molecule has 0 bridgehead atoms. The first-order valence-corrected chi connectivity index (χ1v) is 7.49. The van der Waals surface area contributed by atoms with Crippen molar-refractivity contribution in [2.24, 2.45) is 5.92 Å². The molecule has 1 unspecified atom stereocenters. The van der Waals surface area contributed by atoms with Gasteiger partial charge in [-0.2, -0.15) is 0 Å². The van der Waals surface area contributed by atoms with E-state index < -0.39 is 0 Å². The van der Waals surface area contributed by atoms with Crippen LogP contribution in [-0.4, -0.2) is 15.6 Å². The average Bonchev–Trinajstić information content (AvgIpc) is 2.70.